The Hall–Kier alpha value is -2.24. The predicted octanol–water partition coefficient (Wildman–Crippen LogP) is 4.59. The van der Waals surface area contributed by atoms with E-state index < -0.39 is 0 Å². The molecule has 0 aliphatic carbocycles. The van der Waals surface area contributed by atoms with Crippen LogP contribution in [-0.4, -0.2) is 16.4 Å². The number of pyridine rings is 1. The third-order valence-electron chi connectivity index (χ3n) is 7.24. The monoisotopic (exact) mass is 650 g/mol. The molecule has 6 heteroatoms. The summed E-state index contributed by atoms with van der Waals surface area (Å²) in [5.41, 5.74) is 12.1. The van der Waals surface area contributed by atoms with Crippen LogP contribution in [0.15, 0.2) is 71.2 Å². The molecule has 0 bridgehead atoms. The molecule has 0 aliphatic rings. The molecule has 0 spiro atoms. The summed E-state index contributed by atoms with van der Waals surface area (Å²) >= 11 is 0. The molecule has 0 fully saturated rings. The molecule has 3 aromatic rings. The Morgan fingerprint density at radius 1 is 0.667 bits per heavy atom. The van der Waals surface area contributed by atoms with Crippen LogP contribution in [0.2, 0.25) is 0 Å². The van der Waals surface area contributed by atoms with Crippen LogP contribution in [-0.2, 0) is 23.2 Å². The molecule has 3 rings (SSSR count). The average Bonchev–Trinajstić information content (AvgIpc) is 2.88. The van der Waals surface area contributed by atoms with Gasteiger partial charge in [-0.25, -0.2) is 4.98 Å². The van der Waals surface area contributed by atoms with E-state index >= 15 is 0 Å². The topological polar surface area (TPSA) is 37.6 Å². The molecule has 0 N–H and O–H groups in total. The zero-order valence-corrected chi connectivity index (χ0v) is 29.4. The molecule has 2 aromatic carbocycles. The summed E-state index contributed by atoms with van der Waals surface area (Å²) in [4.78, 5) is 15.4. The number of nitrogens with zero attached hydrogens (tertiary/aromatic N) is 3. The summed E-state index contributed by atoms with van der Waals surface area (Å²) in [6.45, 7) is 26.0. The van der Waals surface area contributed by atoms with Gasteiger partial charge in [-0.15, -0.1) is 6.58 Å². The van der Waals surface area contributed by atoms with Gasteiger partial charge in [-0.2, -0.15) is 0 Å². The summed E-state index contributed by atoms with van der Waals surface area (Å²) in [5.74, 6) is 1.52. The summed E-state index contributed by atoms with van der Waals surface area (Å²) in [7, 11) is 0. The standard InChI is InChI=1S/C36H47N3.2ClH.Co/c1-12-15-28-20-31(24(6)7)36(32(21-28)25(8)9)38-27(11)34-19-14-18-33(39-34)26(10)37-35-29(22(2)3)16-13-17-30(35)23(4)5;;;/h12-14,16-25H,1,15H2,2-11H3;2*1H;/q;;;+2/p-2. The first-order chi connectivity index (χ1) is 18.4. The van der Waals surface area contributed by atoms with E-state index in [1.54, 1.807) is 0 Å². The minimum atomic E-state index is 0. The van der Waals surface area contributed by atoms with E-state index in [9.17, 15) is 0 Å². The zero-order chi connectivity index (χ0) is 28.9. The van der Waals surface area contributed by atoms with Crippen molar-refractivity contribution in [1.82, 2.24) is 4.98 Å². The second kappa shape index (κ2) is 17.8. The first kappa shape index (κ1) is 39.8. The molecule has 0 aliphatic heterocycles. The number of rotatable bonds is 10. The molecule has 0 atom stereocenters. The Morgan fingerprint density at radius 3 is 1.38 bits per heavy atom. The van der Waals surface area contributed by atoms with Crippen molar-refractivity contribution in [3.63, 3.8) is 0 Å². The van der Waals surface area contributed by atoms with Crippen LogP contribution >= 0.6 is 0 Å². The van der Waals surface area contributed by atoms with E-state index in [1.165, 1.54) is 27.8 Å². The number of aromatic nitrogens is 1. The van der Waals surface area contributed by atoms with E-state index in [0.29, 0.717) is 23.7 Å². The molecule has 3 nitrogen and oxygen atoms in total. The van der Waals surface area contributed by atoms with Gasteiger partial charge in [0.25, 0.3) is 0 Å². The maximum absolute atomic E-state index is 5.22. The Bertz CT molecular complexity index is 1330. The van der Waals surface area contributed by atoms with E-state index in [2.05, 4.69) is 112 Å². The van der Waals surface area contributed by atoms with E-state index in [4.69, 9.17) is 15.0 Å². The van der Waals surface area contributed by atoms with Crippen molar-refractivity contribution in [3.8, 4) is 0 Å². The quantitative estimate of drug-likeness (QED) is 0.234. The number of aliphatic imine (C=N–C) groups is 2. The fourth-order valence-corrected chi connectivity index (χ4v) is 4.97. The van der Waals surface area contributed by atoms with Crippen molar-refractivity contribution in [2.24, 2.45) is 9.98 Å². The van der Waals surface area contributed by atoms with Crippen LogP contribution in [0.5, 0.6) is 0 Å². The Balaban J connectivity index is 0.00000560. The molecule has 0 amide bonds. The van der Waals surface area contributed by atoms with Gasteiger partial charge in [0.05, 0.1) is 34.2 Å². The van der Waals surface area contributed by atoms with E-state index in [0.717, 1.165) is 40.6 Å². The van der Waals surface area contributed by atoms with Crippen molar-refractivity contribution >= 4 is 22.8 Å². The maximum atomic E-state index is 5.22. The van der Waals surface area contributed by atoms with Crippen LogP contribution < -0.4 is 24.8 Å². The largest absolute Gasteiger partial charge is 2.00 e. The summed E-state index contributed by atoms with van der Waals surface area (Å²) in [6, 6.07) is 17.3. The predicted molar refractivity (Wildman–Crippen MR) is 171 cm³/mol. The number of hydrogen-bond acceptors (Lipinski definition) is 3. The molecule has 229 valence electrons. The number of hydrogen-bond donors (Lipinski definition) is 0. The van der Waals surface area contributed by atoms with Gasteiger partial charge < -0.3 is 24.8 Å². The zero-order valence-electron chi connectivity index (χ0n) is 26.9. The van der Waals surface area contributed by atoms with E-state index in [1.807, 2.05) is 18.2 Å². The third kappa shape index (κ3) is 9.64. The second-order valence-electron chi connectivity index (χ2n) is 11.8. The fourth-order valence-electron chi connectivity index (χ4n) is 4.97. The van der Waals surface area contributed by atoms with Gasteiger partial charge in [-0.05, 0) is 83.9 Å². The van der Waals surface area contributed by atoms with Crippen molar-refractivity contribution in [2.45, 2.75) is 99.3 Å². The Labute approximate surface area is 277 Å². The second-order valence-corrected chi connectivity index (χ2v) is 11.8. The van der Waals surface area contributed by atoms with Crippen molar-refractivity contribution < 1.29 is 41.6 Å². The Morgan fingerprint density at radius 2 is 1.02 bits per heavy atom. The van der Waals surface area contributed by atoms with Gasteiger partial charge >= 0.3 is 16.8 Å². The van der Waals surface area contributed by atoms with Crippen LogP contribution in [0.25, 0.3) is 0 Å². The van der Waals surface area contributed by atoms with Crippen molar-refractivity contribution in [3.05, 3.63) is 100 Å². The van der Waals surface area contributed by atoms with Gasteiger partial charge in [0.1, 0.15) is 0 Å². The molecule has 1 aromatic heterocycles. The van der Waals surface area contributed by atoms with Gasteiger partial charge in [0, 0.05) is 0 Å². The summed E-state index contributed by atoms with van der Waals surface area (Å²) in [6.07, 6.45) is 2.84. The molecule has 42 heavy (non-hydrogen) atoms. The average molecular weight is 652 g/mol. The Kier molecular flexibility index (Phi) is 16.8. The number of halogens is 2. The number of benzene rings is 2. The molecule has 1 radical (unpaired) electrons. The molecule has 0 saturated heterocycles. The SMILES string of the molecule is C=CCc1cc(C(C)C)c(N=C(C)c2cccc(C(C)=Nc3c(C(C)C)cccc3C(C)C)n2)c(C(C)C)c1.[Cl-].[Cl-].[Co+2]. The maximum Gasteiger partial charge on any atom is 2.00 e. The minimum absolute atomic E-state index is 0. The van der Waals surface area contributed by atoms with Crippen LogP contribution in [0.1, 0.15) is 132 Å². The fraction of sp³-hybridized carbons (Fsp3) is 0.417. The van der Waals surface area contributed by atoms with Crippen LogP contribution in [0.4, 0.5) is 11.4 Å². The molecular weight excluding hydrogens is 604 g/mol. The van der Waals surface area contributed by atoms with Crippen molar-refractivity contribution in [1.29, 1.82) is 0 Å². The van der Waals surface area contributed by atoms with Gasteiger partial charge in [0.2, 0.25) is 0 Å². The van der Waals surface area contributed by atoms with Crippen molar-refractivity contribution in [2.75, 3.05) is 0 Å². The number of para-hydroxylation sites is 1. The molecule has 0 saturated carbocycles. The molecular formula is C36H47Cl2CoN3. The normalized spacial score (nSPS) is 11.9. The first-order valence-electron chi connectivity index (χ1n) is 14.4. The smallest absolute Gasteiger partial charge is 1.00 e. The van der Waals surface area contributed by atoms with Gasteiger partial charge in [0.15, 0.2) is 0 Å². The third-order valence-corrected chi connectivity index (χ3v) is 7.24. The summed E-state index contributed by atoms with van der Waals surface area (Å²) in [5, 5.41) is 0. The molecule has 0 unspecified atom stereocenters. The first-order valence-corrected chi connectivity index (χ1v) is 14.4. The van der Waals surface area contributed by atoms with E-state index in [-0.39, 0.29) is 41.6 Å². The number of allylic oxidation sites excluding steroid dienone is 1. The van der Waals surface area contributed by atoms with Gasteiger partial charge in [-0.3, -0.25) is 9.98 Å². The van der Waals surface area contributed by atoms with Gasteiger partial charge in [-0.1, -0.05) is 97.9 Å². The minimum Gasteiger partial charge on any atom is -1.00 e. The molecule has 1 heterocycles. The summed E-state index contributed by atoms with van der Waals surface area (Å²) < 4.78 is 0. The van der Waals surface area contributed by atoms with Crippen LogP contribution in [0, 0.1) is 0 Å². The van der Waals surface area contributed by atoms with Crippen LogP contribution in [0.3, 0.4) is 0 Å².